The first kappa shape index (κ1) is 18.4. The van der Waals surface area contributed by atoms with Gasteiger partial charge in [0, 0.05) is 27.2 Å². The molecule has 0 fully saturated rings. The second-order valence-corrected chi connectivity index (χ2v) is 6.93. The van der Waals surface area contributed by atoms with Gasteiger partial charge >= 0.3 is 5.97 Å². The number of fused-ring (bicyclic) bond motifs is 1. The molecule has 0 spiro atoms. The van der Waals surface area contributed by atoms with E-state index in [2.05, 4.69) is 10.3 Å². The average Bonchev–Trinajstić information content (AvgIpc) is 2.96. The van der Waals surface area contributed by atoms with Crippen LogP contribution in [-0.4, -0.2) is 23.5 Å². The normalized spacial score (nSPS) is 11.0. The maximum absolute atomic E-state index is 11.8. The van der Waals surface area contributed by atoms with Crippen molar-refractivity contribution in [3.05, 3.63) is 63.7 Å². The third-order valence-electron chi connectivity index (χ3n) is 3.31. The Hall–Kier alpha value is -2.41. The number of ether oxygens (including phenoxy) is 1. The molecular weight excluding hydrogens is 395 g/mol. The number of nitrogens with zero attached hydrogens (tertiary/aromatic N) is 1. The van der Waals surface area contributed by atoms with Gasteiger partial charge < -0.3 is 10.1 Å². The van der Waals surface area contributed by atoms with E-state index in [1.807, 2.05) is 24.3 Å². The van der Waals surface area contributed by atoms with Crippen molar-refractivity contribution in [2.24, 2.45) is 0 Å². The summed E-state index contributed by atoms with van der Waals surface area (Å²) in [6, 6.07) is 10.9. The fourth-order valence-corrected chi connectivity index (χ4v) is 3.70. The molecule has 0 bridgehead atoms. The van der Waals surface area contributed by atoms with Gasteiger partial charge in [0.25, 0.3) is 5.91 Å². The molecule has 1 amide bonds. The number of rotatable bonds is 5. The van der Waals surface area contributed by atoms with Crippen molar-refractivity contribution in [1.82, 2.24) is 4.98 Å². The molecule has 3 aromatic rings. The maximum atomic E-state index is 11.8. The zero-order chi connectivity index (χ0) is 18.5. The number of hydrogen-bond acceptors (Lipinski definition) is 5. The number of pyridine rings is 1. The molecule has 3 rings (SSSR count). The predicted octanol–water partition coefficient (Wildman–Crippen LogP) is 4.80. The molecule has 1 aromatic carbocycles. The number of benzene rings is 1. The Balaban J connectivity index is 1.56. The molecule has 0 aliphatic rings. The Morgan fingerprint density at radius 1 is 1.19 bits per heavy atom. The quantitative estimate of drug-likeness (QED) is 0.375. The zero-order valence-electron chi connectivity index (χ0n) is 13.2. The first-order chi connectivity index (χ1) is 12.5. The molecule has 0 saturated heterocycles. The lowest BCUT2D eigenvalue weighted by Crippen LogP contribution is -2.20. The third-order valence-corrected chi connectivity index (χ3v) is 5.27. The minimum atomic E-state index is -0.647. The summed E-state index contributed by atoms with van der Waals surface area (Å²) in [6.07, 6.45) is 4.31. The number of carbonyl (C=O) groups is 2. The number of esters is 1. The highest BCUT2D eigenvalue weighted by atomic mass is 35.5. The molecule has 0 radical (unpaired) electrons. The van der Waals surface area contributed by atoms with Crippen molar-refractivity contribution in [3.63, 3.8) is 0 Å². The van der Waals surface area contributed by atoms with E-state index < -0.39 is 18.5 Å². The SMILES string of the molecule is O=C(COC(=O)/C=C/c1sc2ccccc2c1Cl)Nc1cccnc1Cl. The smallest absolute Gasteiger partial charge is 0.331 e. The van der Waals surface area contributed by atoms with E-state index in [-0.39, 0.29) is 5.15 Å². The topological polar surface area (TPSA) is 68.3 Å². The molecule has 0 saturated carbocycles. The van der Waals surface area contributed by atoms with Crippen LogP contribution in [0.2, 0.25) is 10.2 Å². The van der Waals surface area contributed by atoms with Crippen LogP contribution in [0.5, 0.6) is 0 Å². The van der Waals surface area contributed by atoms with Gasteiger partial charge in [-0.15, -0.1) is 11.3 Å². The lowest BCUT2D eigenvalue weighted by Gasteiger charge is -2.06. The summed E-state index contributed by atoms with van der Waals surface area (Å²) in [5.74, 6) is -1.16. The van der Waals surface area contributed by atoms with Gasteiger partial charge in [0.2, 0.25) is 0 Å². The van der Waals surface area contributed by atoms with Crippen LogP contribution in [0.15, 0.2) is 48.7 Å². The Kier molecular flexibility index (Phi) is 5.88. The van der Waals surface area contributed by atoms with E-state index in [4.69, 9.17) is 27.9 Å². The summed E-state index contributed by atoms with van der Waals surface area (Å²) in [6.45, 7) is -0.436. The largest absolute Gasteiger partial charge is 0.452 e. The predicted molar refractivity (Wildman–Crippen MR) is 105 cm³/mol. The Labute approximate surface area is 163 Å². The van der Waals surface area contributed by atoms with Gasteiger partial charge in [-0.1, -0.05) is 41.4 Å². The average molecular weight is 407 g/mol. The fourth-order valence-electron chi connectivity index (χ4n) is 2.13. The second kappa shape index (κ2) is 8.31. The highest BCUT2D eigenvalue weighted by molar-refractivity contribution is 7.20. The summed E-state index contributed by atoms with van der Waals surface area (Å²) in [7, 11) is 0. The van der Waals surface area contributed by atoms with Gasteiger partial charge in [-0.05, 0) is 24.3 Å². The number of hydrogen-bond donors (Lipinski definition) is 1. The van der Waals surface area contributed by atoms with Crippen molar-refractivity contribution < 1.29 is 14.3 Å². The standard InChI is InChI=1S/C18H12Cl2N2O3S/c19-17-11-4-1-2-6-13(11)26-14(17)7-8-16(24)25-10-15(23)22-12-5-3-9-21-18(12)20/h1-9H,10H2,(H,22,23)/b8-7+. The molecule has 0 atom stereocenters. The van der Waals surface area contributed by atoms with Crippen LogP contribution in [0, 0.1) is 0 Å². The summed E-state index contributed by atoms with van der Waals surface area (Å²) in [5.41, 5.74) is 0.350. The molecule has 1 N–H and O–H groups in total. The van der Waals surface area contributed by atoms with E-state index in [1.165, 1.54) is 23.6 Å². The molecule has 0 unspecified atom stereocenters. The van der Waals surface area contributed by atoms with Gasteiger partial charge in [0.05, 0.1) is 10.7 Å². The van der Waals surface area contributed by atoms with E-state index in [1.54, 1.807) is 18.2 Å². The van der Waals surface area contributed by atoms with Gasteiger partial charge in [-0.25, -0.2) is 9.78 Å². The summed E-state index contributed by atoms with van der Waals surface area (Å²) < 4.78 is 5.94. The van der Waals surface area contributed by atoms with Crippen molar-refractivity contribution in [2.45, 2.75) is 0 Å². The molecule has 0 aliphatic heterocycles. The maximum Gasteiger partial charge on any atom is 0.331 e. The van der Waals surface area contributed by atoms with Gasteiger partial charge in [0.1, 0.15) is 0 Å². The molecule has 132 valence electrons. The van der Waals surface area contributed by atoms with Gasteiger partial charge in [-0.3, -0.25) is 4.79 Å². The van der Waals surface area contributed by atoms with Crippen molar-refractivity contribution in [3.8, 4) is 0 Å². The third kappa shape index (κ3) is 4.40. The molecule has 26 heavy (non-hydrogen) atoms. The van der Waals surface area contributed by atoms with Crippen LogP contribution in [-0.2, 0) is 14.3 Å². The lowest BCUT2D eigenvalue weighted by molar-refractivity contribution is -0.142. The van der Waals surface area contributed by atoms with Crippen LogP contribution in [0.4, 0.5) is 5.69 Å². The molecule has 2 aromatic heterocycles. The number of amides is 1. The number of anilines is 1. The van der Waals surface area contributed by atoms with Crippen molar-refractivity contribution in [1.29, 1.82) is 0 Å². The Morgan fingerprint density at radius 3 is 2.77 bits per heavy atom. The van der Waals surface area contributed by atoms with E-state index in [9.17, 15) is 9.59 Å². The molecular formula is C18H12Cl2N2O3S. The van der Waals surface area contributed by atoms with Gasteiger partial charge in [-0.2, -0.15) is 0 Å². The van der Waals surface area contributed by atoms with Crippen LogP contribution < -0.4 is 5.32 Å². The van der Waals surface area contributed by atoms with Crippen LogP contribution in [0.1, 0.15) is 4.88 Å². The minimum absolute atomic E-state index is 0.159. The fraction of sp³-hybridized carbons (Fsp3) is 0.0556. The number of nitrogens with one attached hydrogen (secondary N) is 1. The van der Waals surface area contributed by atoms with E-state index in [0.717, 1.165) is 15.0 Å². The summed E-state index contributed by atoms with van der Waals surface area (Å²) in [4.78, 5) is 28.2. The van der Waals surface area contributed by atoms with Crippen LogP contribution in [0.3, 0.4) is 0 Å². The molecule has 2 heterocycles. The van der Waals surface area contributed by atoms with E-state index in [0.29, 0.717) is 10.7 Å². The number of aromatic nitrogens is 1. The lowest BCUT2D eigenvalue weighted by atomic mass is 10.2. The van der Waals surface area contributed by atoms with Crippen LogP contribution >= 0.6 is 34.5 Å². The minimum Gasteiger partial charge on any atom is -0.452 e. The summed E-state index contributed by atoms with van der Waals surface area (Å²) in [5, 5.41) is 4.18. The number of halogens is 2. The zero-order valence-corrected chi connectivity index (χ0v) is 15.6. The molecule has 5 nitrogen and oxygen atoms in total. The van der Waals surface area contributed by atoms with E-state index >= 15 is 0 Å². The first-order valence-corrected chi connectivity index (χ1v) is 9.04. The first-order valence-electron chi connectivity index (χ1n) is 7.47. The highest BCUT2D eigenvalue weighted by Crippen LogP contribution is 2.35. The van der Waals surface area contributed by atoms with Crippen molar-refractivity contribution >= 4 is 68.3 Å². The van der Waals surface area contributed by atoms with Crippen molar-refractivity contribution in [2.75, 3.05) is 11.9 Å². The monoisotopic (exact) mass is 406 g/mol. The van der Waals surface area contributed by atoms with Crippen LogP contribution in [0.25, 0.3) is 16.2 Å². The summed E-state index contributed by atoms with van der Waals surface area (Å²) >= 11 is 13.6. The number of carbonyl (C=O) groups excluding carboxylic acids is 2. The Bertz CT molecular complexity index is 1000. The number of thiophene rings is 1. The second-order valence-electron chi connectivity index (χ2n) is 5.11. The highest BCUT2D eigenvalue weighted by Gasteiger charge is 2.10. The molecule has 0 aliphatic carbocycles. The Morgan fingerprint density at radius 2 is 2.00 bits per heavy atom. The van der Waals surface area contributed by atoms with Gasteiger partial charge in [0.15, 0.2) is 11.8 Å². The molecule has 8 heteroatoms.